The number of methoxy groups -OCH3 is 1. The topological polar surface area (TPSA) is 84.2 Å². The molecule has 1 aromatic carbocycles. The number of rotatable bonds is 4. The number of hydrogen-bond donors (Lipinski definition) is 1. The zero-order valence-electron chi connectivity index (χ0n) is 15.0. The quantitative estimate of drug-likeness (QED) is 0.732. The van der Waals surface area contributed by atoms with Gasteiger partial charge in [-0.05, 0) is 38.0 Å². The lowest BCUT2D eigenvalue weighted by Crippen LogP contribution is -2.31. The Balaban J connectivity index is 1.69. The maximum Gasteiger partial charge on any atom is 0.258 e. The maximum absolute atomic E-state index is 13.3. The summed E-state index contributed by atoms with van der Waals surface area (Å²) in [5.74, 6) is 1.02. The SMILES string of the molecule is COc1ccc(Cl)cc1C(=O)N1CCCC1c1[nH]ncc1-c1cc(C)no1. The van der Waals surface area contributed by atoms with Crippen molar-refractivity contribution in [2.75, 3.05) is 13.7 Å². The summed E-state index contributed by atoms with van der Waals surface area (Å²) in [6.07, 6.45) is 3.43. The van der Waals surface area contributed by atoms with Crippen molar-refractivity contribution in [2.24, 2.45) is 0 Å². The molecule has 3 heterocycles. The lowest BCUT2D eigenvalue weighted by Gasteiger charge is -2.25. The van der Waals surface area contributed by atoms with Crippen molar-refractivity contribution in [1.29, 1.82) is 0 Å². The normalized spacial score (nSPS) is 16.7. The molecule has 1 atom stereocenters. The number of aromatic nitrogens is 3. The Labute approximate surface area is 161 Å². The molecule has 8 heteroatoms. The van der Waals surface area contributed by atoms with Gasteiger partial charge in [0.1, 0.15) is 5.75 Å². The number of amides is 1. The third-order valence-electron chi connectivity index (χ3n) is 4.80. The first-order chi connectivity index (χ1) is 13.1. The summed E-state index contributed by atoms with van der Waals surface area (Å²) in [6, 6.07) is 6.78. The van der Waals surface area contributed by atoms with Gasteiger partial charge < -0.3 is 14.2 Å². The Hall–Kier alpha value is -2.80. The number of ether oxygens (including phenoxy) is 1. The van der Waals surface area contributed by atoms with Crippen LogP contribution in [0.5, 0.6) is 5.75 Å². The van der Waals surface area contributed by atoms with E-state index in [-0.39, 0.29) is 11.9 Å². The lowest BCUT2D eigenvalue weighted by atomic mass is 10.0. The molecule has 1 amide bonds. The third-order valence-corrected chi connectivity index (χ3v) is 5.04. The van der Waals surface area contributed by atoms with E-state index >= 15 is 0 Å². The van der Waals surface area contributed by atoms with Crippen LogP contribution < -0.4 is 4.74 Å². The number of carbonyl (C=O) groups excluding carboxylic acids is 1. The van der Waals surface area contributed by atoms with E-state index in [4.69, 9.17) is 20.9 Å². The zero-order valence-corrected chi connectivity index (χ0v) is 15.8. The second-order valence-electron chi connectivity index (χ2n) is 6.53. The van der Waals surface area contributed by atoms with Gasteiger partial charge >= 0.3 is 0 Å². The van der Waals surface area contributed by atoms with Gasteiger partial charge in [0, 0.05) is 17.6 Å². The molecule has 1 saturated heterocycles. The van der Waals surface area contributed by atoms with Gasteiger partial charge in [-0.15, -0.1) is 0 Å². The fourth-order valence-electron chi connectivity index (χ4n) is 3.55. The number of halogens is 1. The monoisotopic (exact) mass is 386 g/mol. The van der Waals surface area contributed by atoms with Crippen LogP contribution in [0.2, 0.25) is 5.02 Å². The molecule has 0 bridgehead atoms. The van der Waals surface area contributed by atoms with E-state index in [0.717, 1.165) is 29.8 Å². The molecule has 140 valence electrons. The van der Waals surface area contributed by atoms with E-state index in [1.165, 1.54) is 0 Å². The van der Waals surface area contributed by atoms with Crippen molar-refractivity contribution >= 4 is 17.5 Å². The summed E-state index contributed by atoms with van der Waals surface area (Å²) >= 11 is 6.11. The van der Waals surface area contributed by atoms with Crippen LogP contribution >= 0.6 is 11.6 Å². The average molecular weight is 387 g/mol. The van der Waals surface area contributed by atoms with Crippen LogP contribution in [0.1, 0.15) is 40.6 Å². The maximum atomic E-state index is 13.3. The van der Waals surface area contributed by atoms with Gasteiger partial charge in [-0.3, -0.25) is 9.89 Å². The molecule has 0 spiro atoms. The standard InChI is InChI=1S/C19H19ClN4O3/c1-11-8-17(27-23-11)14-10-21-22-18(14)15-4-3-7-24(15)19(25)13-9-12(20)5-6-16(13)26-2/h5-6,8-10,15H,3-4,7H2,1-2H3,(H,21,22). The zero-order chi connectivity index (χ0) is 19.0. The second kappa shape index (κ2) is 7.08. The molecule has 27 heavy (non-hydrogen) atoms. The Bertz CT molecular complexity index is 981. The van der Waals surface area contributed by atoms with E-state index in [1.807, 2.05) is 17.9 Å². The molecule has 3 aromatic rings. The van der Waals surface area contributed by atoms with Crippen LogP contribution in [0.3, 0.4) is 0 Å². The first-order valence-corrected chi connectivity index (χ1v) is 9.07. The summed E-state index contributed by atoms with van der Waals surface area (Å²) in [7, 11) is 1.54. The number of H-pyrrole nitrogens is 1. The molecule has 1 aliphatic rings. The molecule has 0 radical (unpaired) electrons. The summed E-state index contributed by atoms with van der Waals surface area (Å²) < 4.78 is 10.7. The van der Waals surface area contributed by atoms with Crippen LogP contribution in [0.4, 0.5) is 0 Å². The smallest absolute Gasteiger partial charge is 0.258 e. The average Bonchev–Trinajstić information content (AvgIpc) is 3.40. The van der Waals surface area contributed by atoms with Crippen LogP contribution in [0.15, 0.2) is 35.0 Å². The van der Waals surface area contributed by atoms with Crippen molar-refractivity contribution in [2.45, 2.75) is 25.8 Å². The molecule has 1 N–H and O–H groups in total. The minimum Gasteiger partial charge on any atom is -0.496 e. The van der Waals surface area contributed by atoms with Crippen LogP contribution in [0, 0.1) is 6.92 Å². The number of benzene rings is 1. The second-order valence-corrected chi connectivity index (χ2v) is 6.97. The number of likely N-dealkylation sites (tertiary alicyclic amines) is 1. The summed E-state index contributed by atoms with van der Waals surface area (Å²) in [5.41, 5.74) is 2.91. The number of nitrogens with zero attached hydrogens (tertiary/aromatic N) is 3. The van der Waals surface area contributed by atoms with Gasteiger partial charge in [0.2, 0.25) is 0 Å². The van der Waals surface area contributed by atoms with Gasteiger partial charge in [0.15, 0.2) is 5.76 Å². The Kier molecular flexibility index (Phi) is 4.61. The molecule has 2 aromatic heterocycles. The van der Waals surface area contributed by atoms with E-state index in [0.29, 0.717) is 28.6 Å². The van der Waals surface area contributed by atoms with Gasteiger partial charge in [-0.2, -0.15) is 5.10 Å². The van der Waals surface area contributed by atoms with Gasteiger partial charge in [-0.1, -0.05) is 16.8 Å². The molecule has 1 fully saturated rings. The summed E-state index contributed by atoms with van der Waals surface area (Å²) in [6.45, 7) is 2.51. The highest BCUT2D eigenvalue weighted by molar-refractivity contribution is 6.31. The Morgan fingerprint density at radius 2 is 2.26 bits per heavy atom. The molecule has 4 rings (SSSR count). The fraction of sp³-hybridized carbons (Fsp3) is 0.316. The van der Waals surface area contributed by atoms with Crippen molar-refractivity contribution in [3.05, 3.63) is 52.4 Å². The number of aryl methyl sites for hydroxylation is 1. The minimum absolute atomic E-state index is 0.119. The van der Waals surface area contributed by atoms with Crippen molar-refractivity contribution in [3.63, 3.8) is 0 Å². The molecule has 1 unspecified atom stereocenters. The minimum atomic E-state index is -0.135. The highest BCUT2D eigenvalue weighted by Crippen LogP contribution is 2.38. The van der Waals surface area contributed by atoms with Crippen molar-refractivity contribution < 1.29 is 14.1 Å². The first kappa shape index (κ1) is 17.6. The fourth-order valence-corrected chi connectivity index (χ4v) is 3.72. The van der Waals surface area contributed by atoms with Crippen molar-refractivity contribution in [1.82, 2.24) is 20.3 Å². The highest BCUT2D eigenvalue weighted by Gasteiger charge is 2.35. The number of nitrogens with one attached hydrogen (secondary N) is 1. The van der Waals surface area contributed by atoms with E-state index in [1.54, 1.807) is 31.5 Å². The van der Waals surface area contributed by atoms with Crippen molar-refractivity contribution in [3.8, 4) is 17.1 Å². The number of aromatic amines is 1. The van der Waals surface area contributed by atoms with Gasteiger partial charge in [0.25, 0.3) is 5.91 Å². The first-order valence-electron chi connectivity index (χ1n) is 8.70. The van der Waals surface area contributed by atoms with Crippen LogP contribution in [0.25, 0.3) is 11.3 Å². The van der Waals surface area contributed by atoms with Crippen LogP contribution in [-0.2, 0) is 0 Å². The molecule has 7 nitrogen and oxygen atoms in total. The lowest BCUT2D eigenvalue weighted by molar-refractivity contribution is 0.0729. The van der Waals surface area contributed by atoms with Gasteiger partial charge in [-0.25, -0.2) is 0 Å². The third kappa shape index (κ3) is 3.19. The van der Waals surface area contributed by atoms with E-state index < -0.39 is 0 Å². The molecular weight excluding hydrogens is 368 g/mol. The predicted octanol–water partition coefficient (Wildman–Crippen LogP) is 4.01. The highest BCUT2D eigenvalue weighted by atomic mass is 35.5. The molecule has 1 aliphatic heterocycles. The summed E-state index contributed by atoms with van der Waals surface area (Å²) in [4.78, 5) is 15.1. The molecular formula is C19H19ClN4O3. The number of carbonyl (C=O) groups is 1. The molecule has 0 aliphatic carbocycles. The Morgan fingerprint density at radius 3 is 3.00 bits per heavy atom. The Morgan fingerprint density at radius 1 is 1.41 bits per heavy atom. The molecule has 0 saturated carbocycles. The number of hydrogen-bond acceptors (Lipinski definition) is 5. The largest absolute Gasteiger partial charge is 0.496 e. The van der Waals surface area contributed by atoms with E-state index in [9.17, 15) is 4.79 Å². The predicted molar refractivity (Wildman–Crippen MR) is 99.8 cm³/mol. The summed E-state index contributed by atoms with van der Waals surface area (Å²) in [5, 5.41) is 11.7. The van der Waals surface area contributed by atoms with E-state index in [2.05, 4.69) is 15.4 Å². The van der Waals surface area contributed by atoms with Crippen LogP contribution in [-0.4, -0.2) is 39.8 Å². The van der Waals surface area contributed by atoms with Gasteiger partial charge in [0.05, 0.1) is 41.9 Å².